The maximum absolute atomic E-state index is 14.7. The van der Waals surface area contributed by atoms with Crippen molar-refractivity contribution in [1.82, 2.24) is 5.32 Å². The van der Waals surface area contributed by atoms with E-state index in [4.69, 9.17) is 17.0 Å². The molecule has 0 bridgehead atoms. The number of rotatable bonds is 5. The summed E-state index contributed by atoms with van der Waals surface area (Å²) in [4.78, 5) is 28.8. The van der Waals surface area contributed by atoms with Gasteiger partial charge < -0.3 is 15.0 Å². The molecule has 3 aliphatic rings. The first-order chi connectivity index (χ1) is 14.9. The van der Waals surface area contributed by atoms with Crippen molar-refractivity contribution in [2.45, 2.75) is 19.4 Å². The number of nitrogens with zero attached hydrogens (tertiary/aromatic N) is 2. The van der Waals surface area contributed by atoms with Crippen molar-refractivity contribution in [3.63, 3.8) is 0 Å². The fraction of sp³-hybridized carbons (Fsp3) is 0.409. The first kappa shape index (κ1) is 21.8. The third-order valence-electron chi connectivity index (χ3n) is 5.49. The normalized spacial score (nSPS) is 21.5. The average Bonchev–Trinajstić information content (AvgIpc) is 3.14. The molecule has 0 spiro atoms. The van der Waals surface area contributed by atoms with Gasteiger partial charge in [0.1, 0.15) is 11.9 Å². The molecule has 0 unspecified atom stereocenters. The van der Waals surface area contributed by atoms with Gasteiger partial charge in [-0.1, -0.05) is 23.9 Å². The van der Waals surface area contributed by atoms with Crippen LogP contribution in [0.4, 0.5) is 20.6 Å². The maximum atomic E-state index is 14.7. The Morgan fingerprint density at radius 2 is 2.13 bits per heavy atom. The third-order valence-corrected chi connectivity index (χ3v) is 6.81. The Balaban J connectivity index is 1.37. The number of halogens is 1. The van der Waals surface area contributed by atoms with Gasteiger partial charge in [0, 0.05) is 35.9 Å². The number of allylic oxidation sites excluding steroid dienone is 3. The molecule has 0 radical (unpaired) electrons. The van der Waals surface area contributed by atoms with Gasteiger partial charge in [0.05, 0.1) is 30.0 Å². The van der Waals surface area contributed by atoms with Crippen molar-refractivity contribution in [2.75, 3.05) is 47.5 Å². The van der Waals surface area contributed by atoms with Gasteiger partial charge >= 0.3 is 6.09 Å². The van der Waals surface area contributed by atoms with Crippen LogP contribution in [0.1, 0.15) is 13.3 Å². The van der Waals surface area contributed by atoms with Crippen LogP contribution in [0.2, 0.25) is 0 Å². The Morgan fingerprint density at radius 3 is 2.87 bits per heavy atom. The highest BCUT2D eigenvalue weighted by molar-refractivity contribution is 7.99. The van der Waals surface area contributed by atoms with Gasteiger partial charge in [-0.15, -0.1) is 0 Å². The van der Waals surface area contributed by atoms with Crippen molar-refractivity contribution in [3.8, 4) is 0 Å². The number of nitrogens with one attached hydrogen (secondary N) is 1. The number of ether oxygens (including phenoxy) is 1. The van der Waals surface area contributed by atoms with Gasteiger partial charge in [-0.05, 0) is 31.2 Å². The number of carbonyl (C=O) groups is 2. The van der Waals surface area contributed by atoms with Gasteiger partial charge in [-0.3, -0.25) is 9.69 Å². The summed E-state index contributed by atoms with van der Waals surface area (Å²) < 4.78 is 20.1. The highest BCUT2D eigenvalue weighted by Crippen LogP contribution is 2.29. The SMILES string of the molecule is CC1=CCC(=S)C(C(=O)NC[C@H]2CN(c3ccc(N4CCSCC4)c(F)c3)C(=O)O2)=C1. The zero-order valence-electron chi connectivity index (χ0n) is 17.2. The minimum Gasteiger partial charge on any atom is -0.442 e. The van der Waals surface area contributed by atoms with Crippen LogP contribution in [0.25, 0.3) is 0 Å². The van der Waals surface area contributed by atoms with Crippen molar-refractivity contribution in [1.29, 1.82) is 0 Å². The molecule has 1 aromatic carbocycles. The number of benzene rings is 1. The van der Waals surface area contributed by atoms with E-state index in [1.165, 1.54) is 11.0 Å². The van der Waals surface area contributed by atoms with Crippen LogP contribution in [0.3, 0.4) is 0 Å². The number of thioether (sulfide) groups is 1. The predicted octanol–water partition coefficient (Wildman–Crippen LogP) is 3.47. The molecular formula is C22H24FN3O3S2. The van der Waals surface area contributed by atoms with E-state index in [2.05, 4.69) is 5.32 Å². The molecule has 1 aliphatic carbocycles. The summed E-state index contributed by atoms with van der Waals surface area (Å²) in [6.45, 7) is 3.93. The Labute approximate surface area is 190 Å². The molecule has 6 nitrogen and oxygen atoms in total. The Kier molecular flexibility index (Phi) is 6.62. The molecule has 1 N–H and O–H groups in total. The van der Waals surface area contributed by atoms with Crippen molar-refractivity contribution in [2.24, 2.45) is 0 Å². The van der Waals surface area contributed by atoms with Crippen molar-refractivity contribution < 1.29 is 18.7 Å². The molecule has 2 heterocycles. The van der Waals surface area contributed by atoms with Gasteiger partial charge in [-0.2, -0.15) is 11.8 Å². The molecule has 2 amide bonds. The van der Waals surface area contributed by atoms with Crippen molar-refractivity contribution in [3.05, 3.63) is 47.3 Å². The van der Waals surface area contributed by atoms with E-state index in [0.29, 0.717) is 28.2 Å². The molecule has 164 valence electrons. The summed E-state index contributed by atoms with van der Waals surface area (Å²) in [6.07, 6.45) is 3.24. The topological polar surface area (TPSA) is 61.9 Å². The minimum absolute atomic E-state index is 0.162. The van der Waals surface area contributed by atoms with Gasteiger partial charge in [-0.25, -0.2) is 9.18 Å². The predicted molar refractivity (Wildman–Crippen MR) is 126 cm³/mol. The molecule has 9 heteroatoms. The van der Waals surface area contributed by atoms with Gasteiger partial charge in [0.2, 0.25) is 0 Å². The zero-order valence-corrected chi connectivity index (χ0v) is 18.9. The molecule has 2 aliphatic heterocycles. The van der Waals surface area contributed by atoms with E-state index in [9.17, 15) is 14.0 Å². The molecule has 31 heavy (non-hydrogen) atoms. The Hall–Kier alpha value is -2.39. The van der Waals surface area contributed by atoms with E-state index in [1.807, 2.05) is 29.7 Å². The van der Waals surface area contributed by atoms with Crippen LogP contribution >= 0.6 is 24.0 Å². The number of amides is 2. The maximum Gasteiger partial charge on any atom is 0.414 e. The fourth-order valence-corrected chi connectivity index (χ4v) is 4.93. The molecule has 1 aromatic rings. The lowest BCUT2D eigenvalue weighted by Crippen LogP contribution is -2.36. The fourth-order valence-electron chi connectivity index (χ4n) is 3.79. The summed E-state index contributed by atoms with van der Waals surface area (Å²) in [5.74, 6) is 1.33. The van der Waals surface area contributed by atoms with E-state index in [-0.39, 0.29) is 24.8 Å². The van der Waals surface area contributed by atoms with Crippen LogP contribution < -0.4 is 15.1 Å². The van der Waals surface area contributed by atoms with Gasteiger partial charge in [0.15, 0.2) is 0 Å². The Morgan fingerprint density at radius 1 is 1.35 bits per heavy atom. The largest absolute Gasteiger partial charge is 0.442 e. The average molecular weight is 462 g/mol. The van der Waals surface area contributed by atoms with Crippen LogP contribution in [-0.4, -0.2) is 60.7 Å². The second kappa shape index (κ2) is 9.40. The van der Waals surface area contributed by atoms with Gasteiger partial charge in [0.25, 0.3) is 5.91 Å². The summed E-state index contributed by atoms with van der Waals surface area (Å²) >= 11 is 7.13. The quantitative estimate of drug-likeness (QED) is 0.678. The molecule has 2 saturated heterocycles. The number of hydrogen-bond acceptors (Lipinski definition) is 6. The lowest BCUT2D eigenvalue weighted by atomic mass is 9.99. The van der Waals surface area contributed by atoms with Crippen LogP contribution in [0, 0.1) is 5.82 Å². The monoisotopic (exact) mass is 461 g/mol. The first-order valence-corrected chi connectivity index (χ1v) is 11.8. The molecule has 0 saturated carbocycles. The van der Waals surface area contributed by atoms with E-state index in [0.717, 1.165) is 30.2 Å². The highest BCUT2D eigenvalue weighted by atomic mass is 32.2. The molecule has 2 fully saturated rings. The number of cyclic esters (lactones) is 1. The summed E-state index contributed by atoms with van der Waals surface area (Å²) in [7, 11) is 0. The number of anilines is 2. The summed E-state index contributed by atoms with van der Waals surface area (Å²) in [6, 6.07) is 4.83. The van der Waals surface area contributed by atoms with E-state index in [1.54, 1.807) is 18.2 Å². The molecule has 1 atom stereocenters. The highest BCUT2D eigenvalue weighted by Gasteiger charge is 2.33. The number of thiocarbonyl (C=S) groups is 1. The molecule has 4 rings (SSSR count). The van der Waals surface area contributed by atoms with E-state index >= 15 is 0 Å². The Bertz CT molecular complexity index is 973. The smallest absolute Gasteiger partial charge is 0.414 e. The lowest BCUT2D eigenvalue weighted by molar-refractivity contribution is -0.117. The second-order valence-corrected chi connectivity index (χ2v) is 9.41. The third kappa shape index (κ3) is 4.93. The summed E-state index contributed by atoms with van der Waals surface area (Å²) in [5.41, 5.74) is 2.47. The lowest BCUT2D eigenvalue weighted by Gasteiger charge is -2.29. The van der Waals surface area contributed by atoms with Crippen LogP contribution in [0.5, 0.6) is 0 Å². The second-order valence-electron chi connectivity index (χ2n) is 7.69. The van der Waals surface area contributed by atoms with Crippen LogP contribution in [0.15, 0.2) is 41.5 Å². The first-order valence-electron chi connectivity index (χ1n) is 10.2. The molecular weight excluding hydrogens is 437 g/mol. The number of hydrogen-bond donors (Lipinski definition) is 1. The summed E-state index contributed by atoms with van der Waals surface area (Å²) in [5, 5.41) is 2.79. The van der Waals surface area contributed by atoms with Crippen LogP contribution in [-0.2, 0) is 9.53 Å². The standard InChI is InChI=1S/C22H24FN3O3S2/c1-14-2-5-20(30)17(10-14)21(27)24-12-16-13-26(22(28)29-16)15-3-4-19(18(23)11-15)25-6-8-31-9-7-25/h2-4,10-11,16H,5-9,12-13H2,1H3,(H,24,27)/t16-/m0/s1. The van der Waals surface area contributed by atoms with E-state index < -0.39 is 12.2 Å². The molecule has 0 aromatic heterocycles. The minimum atomic E-state index is -0.549. The zero-order chi connectivity index (χ0) is 22.0. The van der Waals surface area contributed by atoms with Crippen molar-refractivity contribution >= 4 is 52.2 Å². The number of carbonyl (C=O) groups excluding carboxylic acids is 2.